The van der Waals surface area contributed by atoms with Gasteiger partial charge in [0.25, 0.3) is 0 Å². The molecule has 0 saturated heterocycles. The number of carboxylic acid groups (broad SMARTS) is 1. The highest BCUT2D eigenvalue weighted by Crippen LogP contribution is 2.34. The third kappa shape index (κ3) is 3.07. The molecule has 0 bridgehead atoms. The topological polar surface area (TPSA) is 49.3 Å². The number of carboxylic acids is 1. The number of carbonyl (C=O) groups is 1. The van der Waals surface area contributed by atoms with Crippen molar-refractivity contribution < 1.29 is 23.1 Å². The molecule has 2 rings (SSSR count). The van der Waals surface area contributed by atoms with Crippen molar-refractivity contribution in [1.82, 2.24) is 5.32 Å². The predicted octanol–water partition coefficient (Wildman–Crippen LogP) is 3.10. The molecule has 0 aliphatic carbocycles. The van der Waals surface area contributed by atoms with Crippen molar-refractivity contribution in [2.75, 3.05) is 0 Å². The van der Waals surface area contributed by atoms with Gasteiger partial charge in [0.15, 0.2) is 0 Å². The average molecular weight is 271 g/mol. The first-order chi connectivity index (χ1) is 8.88. The van der Waals surface area contributed by atoms with Crippen molar-refractivity contribution in [3.63, 3.8) is 0 Å². The first kappa shape index (κ1) is 13.5. The van der Waals surface area contributed by atoms with Gasteiger partial charge in [0.05, 0.1) is 11.6 Å². The lowest BCUT2D eigenvalue weighted by molar-refractivity contribution is -0.136. The molecule has 6 heteroatoms. The number of hydrogen-bond acceptors (Lipinski definition) is 2. The van der Waals surface area contributed by atoms with E-state index in [1.165, 1.54) is 6.20 Å². The number of halogens is 3. The zero-order valence-electron chi connectivity index (χ0n) is 9.87. The predicted molar refractivity (Wildman–Crippen MR) is 63.2 cm³/mol. The molecule has 0 amide bonds. The van der Waals surface area contributed by atoms with Crippen LogP contribution in [0.1, 0.15) is 30.0 Å². The Balaban J connectivity index is 2.25. The maximum atomic E-state index is 12.3. The Morgan fingerprint density at radius 1 is 1.32 bits per heavy atom. The molecule has 3 nitrogen and oxygen atoms in total. The standard InChI is InChI=1S/C13H12F3NO2/c14-13(15,16)6-5-11-9-4-2-1-3-8(9)10(7-17-11)12(18)19/h1-4,7,11,17H,5-6H2,(H,18,19). The minimum Gasteiger partial charge on any atom is -0.478 e. The summed E-state index contributed by atoms with van der Waals surface area (Å²) >= 11 is 0. The van der Waals surface area contributed by atoms with E-state index in [1.807, 2.05) is 0 Å². The smallest absolute Gasteiger partial charge is 0.389 e. The first-order valence-electron chi connectivity index (χ1n) is 5.74. The largest absolute Gasteiger partial charge is 0.478 e. The number of alkyl halides is 3. The monoisotopic (exact) mass is 271 g/mol. The summed E-state index contributed by atoms with van der Waals surface area (Å²) in [6.07, 6.45) is -3.97. The summed E-state index contributed by atoms with van der Waals surface area (Å²) in [5.41, 5.74) is 1.13. The molecule has 1 atom stereocenters. The second-order valence-corrected chi connectivity index (χ2v) is 4.32. The normalized spacial score (nSPS) is 18.3. The molecular weight excluding hydrogens is 259 g/mol. The fourth-order valence-corrected chi connectivity index (χ4v) is 2.12. The molecule has 1 aromatic carbocycles. The SMILES string of the molecule is O=C(O)C1=CNC(CCC(F)(F)F)c2ccccc21. The summed E-state index contributed by atoms with van der Waals surface area (Å²) < 4.78 is 36.8. The van der Waals surface area contributed by atoms with E-state index in [4.69, 9.17) is 5.11 Å². The molecule has 1 heterocycles. The van der Waals surface area contributed by atoms with E-state index in [2.05, 4.69) is 5.32 Å². The van der Waals surface area contributed by atoms with Gasteiger partial charge in [0.1, 0.15) is 0 Å². The van der Waals surface area contributed by atoms with Crippen LogP contribution in [-0.2, 0) is 4.79 Å². The number of benzene rings is 1. The van der Waals surface area contributed by atoms with Crippen LogP contribution in [0.2, 0.25) is 0 Å². The number of fused-ring (bicyclic) bond motifs is 1. The molecule has 0 radical (unpaired) electrons. The molecular formula is C13H12F3NO2. The third-order valence-electron chi connectivity index (χ3n) is 3.00. The maximum Gasteiger partial charge on any atom is 0.389 e. The van der Waals surface area contributed by atoms with Gasteiger partial charge in [-0.3, -0.25) is 0 Å². The van der Waals surface area contributed by atoms with Crippen molar-refractivity contribution >= 4 is 11.5 Å². The van der Waals surface area contributed by atoms with E-state index in [0.717, 1.165) is 0 Å². The highest BCUT2D eigenvalue weighted by atomic mass is 19.4. The molecule has 1 aliphatic heterocycles. The summed E-state index contributed by atoms with van der Waals surface area (Å²) in [4.78, 5) is 11.1. The van der Waals surface area contributed by atoms with Gasteiger partial charge >= 0.3 is 12.1 Å². The lowest BCUT2D eigenvalue weighted by Crippen LogP contribution is -2.25. The van der Waals surface area contributed by atoms with Crippen LogP contribution in [0.25, 0.3) is 5.57 Å². The van der Waals surface area contributed by atoms with Crippen molar-refractivity contribution in [1.29, 1.82) is 0 Å². The molecule has 102 valence electrons. The van der Waals surface area contributed by atoms with Crippen molar-refractivity contribution in [2.45, 2.75) is 25.1 Å². The van der Waals surface area contributed by atoms with E-state index in [0.29, 0.717) is 11.1 Å². The number of rotatable bonds is 3. The molecule has 2 N–H and O–H groups in total. The van der Waals surface area contributed by atoms with Crippen LogP contribution < -0.4 is 5.32 Å². The van der Waals surface area contributed by atoms with Gasteiger partial charge < -0.3 is 10.4 Å². The summed E-state index contributed by atoms with van der Waals surface area (Å²) in [7, 11) is 0. The van der Waals surface area contributed by atoms with Gasteiger partial charge in [-0.05, 0) is 17.5 Å². The van der Waals surface area contributed by atoms with Gasteiger partial charge in [-0.2, -0.15) is 13.2 Å². The van der Waals surface area contributed by atoms with Crippen LogP contribution >= 0.6 is 0 Å². The van der Waals surface area contributed by atoms with E-state index < -0.39 is 24.6 Å². The fraction of sp³-hybridized carbons (Fsp3) is 0.308. The first-order valence-corrected chi connectivity index (χ1v) is 5.74. The minimum atomic E-state index is -4.21. The minimum absolute atomic E-state index is 0.0684. The Labute approximate surface area is 107 Å². The zero-order chi connectivity index (χ0) is 14.0. The number of aliphatic carboxylic acids is 1. The van der Waals surface area contributed by atoms with Crippen molar-refractivity contribution in [3.05, 3.63) is 41.6 Å². The molecule has 1 unspecified atom stereocenters. The fourth-order valence-electron chi connectivity index (χ4n) is 2.12. The highest BCUT2D eigenvalue weighted by molar-refractivity contribution is 6.16. The third-order valence-corrected chi connectivity index (χ3v) is 3.00. The van der Waals surface area contributed by atoms with Gasteiger partial charge in [0, 0.05) is 12.6 Å². The second kappa shape index (κ2) is 4.95. The lowest BCUT2D eigenvalue weighted by Gasteiger charge is -2.26. The molecule has 1 aromatic rings. The van der Waals surface area contributed by atoms with Crippen LogP contribution in [-0.4, -0.2) is 17.3 Å². The van der Waals surface area contributed by atoms with Gasteiger partial charge in [0.2, 0.25) is 0 Å². The van der Waals surface area contributed by atoms with E-state index in [9.17, 15) is 18.0 Å². The van der Waals surface area contributed by atoms with Gasteiger partial charge in [-0.25, -0.2) is 4.79 Å². The Morgan fingerprint density at radius 3 is 2.63 bits per heavy atom. The van der Waals surface area contributed by atoms with Crippen LogP contribution in [0.3, 0.4) is 0 Å². The van der Waals surface area contributed by atoms with Crippen LogP contribution in [0.15, 0.2) is 30.5 Å². The zero-order valence-corrected chi connectivity index (χ0v) is 9.87. The summed E-state index contributed by atoms with van der Waals surface area (Å²) in [6.45, 7) is 0. The Kier molecular flexibility index (Phi) is 3.50. The molecule has 19 heavy (non-hydrogen) atoms. The van der Waals surface area contributed by atoms with Gasteiger partial charge in [-0.15, -0.1) is 0 Å². The average Bonchev–Trinajstić information content (AvgIpc) is 2.34. The van der Waals surface area contributed by atoms with E-state index >= 15 is 0 Å². The van der Waals surface area contributed by atoms with E-state index in [1.54, 1.807) is 24.3 Å². The molecule has 0 fully saturated rings. The number of nitrogens with one attached hydrogen (secondary N) is 1. The van der Waals surface area contributed by atoms with Crippen molar-refractivity contribution in [3.8, 4) is 0 Å². The molecule has 1 aliphatic rings. The van der Waals surface area contributed by atoms with Crippen LogP contribution in [0.4, 0.5) is 13.2 Å². The maximum absolute atomic E-state index is 12.3. The summed E-state index contributed by atoms with van der Waals surface area (Å²) in [5, 5.41) is 11.8. The van der Waals surface area contributed by atoms with Crippen molar-refractivity contribution in [2.24, 2.45) is 0 Å². The Morgan fingerprint density at radius 2 is 2.00 bits per heavy atom. The van der Waals surface area contributed by atoms with E-state index in [-0.39, 0.29) is 12.0 Å². The summed E-state index contributed by atoms with van der Waals surface area (Å²) in [5.74, 6) is -1.10. The Bertz CT molecular complexity index is 523. The highest BCUT2D eigenvalue weighted by Gasteiger charge is 2.31. The lowest BCUT2D eigenvalue weighted by atomic mass is 9.90. The second-order valence-electron chi connectivity index (χ2n) is 4.32. The van der Waals surface area contributed by atoms with Crippen LogP contribution in [0, 0.1) is 0 Å². The quantitative estimate of drug-likeness (QED) is 0.888. The Hall–Kier alpha value is -1.98. The summed E-state index contributed by atoms with van der Waals surface area (Å²) in [6, 6.07) is 6.10. The molecule has 0 saturated carbocycles. The molecule has 0 aromatic heterocycles. The van der Waals surface area contributed by atoms with Gasteiger partial charge in [-0.1, -0.05) is 24.3 Å². The van der Waals surface area contributed by atoms with Crippen LogP contribution in [0.5, 0.6) is 0 Å². The molecule has 0 spiro atoms. The number of hydrogen-bond donors (Lipinski definition) is 2.